The van der Waals surface area contributed by atoms with E-state index in [9.17, 15) is 14.7 Å². The number of piperidine rings is 1. The van der Waals surface area contributed by atoms with Gasteiger partial charge in [-0.2, -0.15) is 0 Å². The Bertz CT molecular complexity index is 395. The van der Waals surface area contributed by atoms with E-state index in [-0.39, 0.29) is 17.2 Å². The first kappa shape index (κ1) is 12.9. The Morgan fingerprint density at radius 2 is 1.74 bits per heavy atom. The lowest BCUT2D eigenvalue weighted by molar-refractivity contribution is -0.147. The van der Waals surface area contributed by atoms with Gasteiger partial charge in [-0.15, -0.1) is 0 Å². The maximum atomic E-state index is 12.3. The van der Waals surface area contributed by atoms with E-state index >= 15 is 0 Å². The Morgan fingerprint density at radius 3 is 2.32 bits per heavy atom. The predicted octanol–water partition coefficient (Wildman–Crippen LogP) is 0.890. The molecule has 3 rings (SSSR count). The number of carbonyl (C=O) groups excluding carboxylic acids is 1. The van der Waals surface area contributed by atoms with Crippen molar-refractivity contribution >= 4 is 11.9 Å². The molecular formula is C14H22N2O3. The summed E-state index contributed by atoms with van der Waals surface area (Å²) in [5.74, 6) is -0.837. The van der Waals surface area contributed by atoms with Crippen molar-refractivity contribution in [2.45, 2.75) is 50.5 Å². The highest BCUT2D eigenvalue weighted by Gasteiger charge is 2.59. The van der Waals surface area contributed by atoms with Crippen molar-refractivity contribution in [3.63, 3.8) is 0 Å². The number of hydrogen-bond donors (Lipinski definition) is 3. The molecule has 1 atom stereocenters. The van der Waals surface area contributed by atoms with Gasteiger partial charge in [0, 0.05) is 5.92 Å². The number of carboxylic acids is 1. The zero-order chi connectivity index (χ0) is 13.5. The van der Waals surface area contributed by atoms with Crippen LogP contribution in [0.2, 0.25) is 0 Å². The van der Waals surface area contributed by atoms with Crippen molar-refractivity contribution in [1.29, 1.82) is 0 Å². The molecular weight excluding hydrogens is 244 g/mol. The van der Waals surface area contributed by atoms with Gasteiger partial charge in [-0.3, -0.25) is 4.79 Å². The molecule has 1 aliphatic heterocycles. The molecule has 0 bridgehead atoms. The third kappa shape index (κ3) is 2.14. The number of nitrogens with one attached hydrogen (secondary N) is 2. The second-order valence-corrected chi connectivity index (χ2v) is 6.45. The maximum Gasteiger partial charge on any atom is 0.329 e. The van der Waals surface area contributed by atoms with E-state index in [1.165, 1.54) is 0 Å². The molecule has 5 heteroatoms. The SMILES string of the molecule is O=C(NC1(C(=O)O)CCCC1)C1CC12CCNCC2. The fourth-order valence-electron chi connectivity index (χ4n) is 3.89. The number of carbonyl (C=O) groups is 2. The molecule has 1 saturated heterocycles. The summed E-state index contributed by atoms with van der Waals surface area (Å²) in [7, 11) is 0. The smallest absolute Gasteiger partial charge is 0.329 e. The fraction of sp³-hybridized carbons (Fsp3) is 0.857. The van der Waals surface area contributed by atoms with Gasteiger partial charge in [0.25, 0.3) is 0 Å². The predicted molar refractivity (Wildman–Crippen MR) is 69.6 cm³/mol. The van der Waals surface area contributed by atoms with Gasteiger partial charge >= 0.3 is 5.97 Å². The van der Waals surface area contributed by atoms with Crippen molar-refractivity contribution in [3.05, 3.63) is 0 Å². The van der Waals surface area contributed by atoms with Crippen molar-refractivity contribution < 1.29 is 14.7 Å². The summed E-state index contributed by atoms with van der Waals surface area (Å²) >= 11 is 0. The van der Waals surface area contributed by atoms with Crippen LogP contribution in [0, 0.1) is 11.3 Å². The molecule has 106 valence electrons. The summed E-state index contributed by atoms with van der Waals surface area (Å²) < 4.78 is 0. The van der Waals surface area contributed by atoms with Gasteiger partial charge in [-0.1, -0.05) is 12.8 Å². The molecule has 3 aliphatic rings. The van der Waals surface area contributed by atoms with Gasteiger partial charge in [0.15, 0.2) is 0 Å². The van der Waals surface area contributed by atoms with Gasteiger partial charge in [-0.05, 0) is 50.6 Å². The van der Waals surface area contributed by atoms with Gasteiger partial charge in [-0.25, -0.2) is 4.79 Å². The molecule has 2 saturated carbocycles. The molecule has 2 aliphatic carbocycles. The van der Waals surface area contributed by atoms with Crippen LogP contribution in [0.15, 0.2) is 0 Å². The van der Waals surface area contributed by atoms with Crippen molar-refractivity contribution in [1.82, 2.24) is 10.6 Å². The monoisotopic (exact) mass is 266 g/mol. The Morgan fingerprint density at radius 1 is 1.11 bits per heavy atom. The molecule has 1 heterocycles. The summed E-state index contributed by atoms with van der Waals surface area (Å²) in [4.78, 5) is 23.8. The third-order valence-corrected chi connectivity index (χ3v) is 5.33. The lowest BCUT2D eigenvalue weighted by Crippen LogP contribution is -2.53. The highest BCUT2D eigenvalue weighted by Crippen LogP contribution is 2.58. The Balaban J connectivity index is 1.64. The van der Waals surface area contributed by atoms with Crippen LogP contribution >= 0.6 is 0 Å². The second-order valence-electron chi connectivity index (χ2n) is 6.45. The Labute approximate surface area is 113 Å². The second kappa shape index (κ2) is 4.47. The van der Waals surface area contributed by atoms with Crippen LogP contribution in [0.1, 0.15) is 44.9 Å². The molecule has 3 N–H and O–H groups in total. The fourth-order valence-corrected chi connectivity index (χ4v) is 3.89. The molecule has 1 spiro atoms. The number of rotatable bonds is 3. The van der Waals surface area contributed by atoms with Gasteiger partial charge in [0.2, 0.25) is 5.91 Å². The lowest BCUT2D eigenvalue weighted by atomic mass is 9.91. The molecule has 0 radical (unpaired) electrons. The van der Waals surface area contributed by atoms with Crippen molar-refractivity contribution in [2.24, 2.45) is 11.3 Å². The zero-order valence-electron chi connectivity index (χ0n) is 11.2. The number of amides is 1. The summed E-state index contributed by atoms with van der Waals surface area (Å²) in [5.41, 5.74) is -0.804. The minimum Gasteiger partial charge on any atom is -0.480 e. The first-order chi connectivity index (χ1) is 9.08. The van der Waals surface area contributed by atoms with Crippen molar-refractivity contribution in [3.8, 4) is 0 Å². The standard InChI is InChI=1S/C14H22N2O3/c17-11(10-9-13(10)5-7-15-8-6-13)16-14(12(18)19)3-1-2-4-14/h10,15H,1-9H2,(H,16,17)(H,18,19). The summed E-state index contributed by atoms with van der Waals surface area (Å²) in [6.07, 6.45) is 5.98. The minimum absolute atomic E-state index is 0.0220. The Hall–Kier alpha value is -1.10. The first-order valence-electron chi connectivity index (χ1n) is 7.34. The van der Waals surface area contributed by atoms with E-state index in [1.807, 2.05) is 0 Å². The van der Waals surface area contributed by atoms with Gasteiger partial charge < -0.3 is 15.7 Å². The quantitative estimate of drug-likeness (QED) is 0.709. The van der Waals surface area contributed by atoms with E-state index < -0.39 is 11.5 Å². The first-order valence-corrected chi connectivity index (χ1v) is 7.34. The Kier molecular flexibility index (Phi) is 3.04. The summed E-state index contributed by atoms with van der Waals surface area (Å²) in [6.45, 7) is 1.96. The van der Waals surface area contributed by atoms with E-state index in [2.05, 4.69) is 10.6 Å². The van der Waals surface area contributed by atoms with Crippen molar-refractivity contribution in [2.75, 3.05) is 13.1 Å². The lowest BCUT2D eigenvalue weighted by Gasteiger charge is -2.27. The summed E-state index contributed by atoms with van der Waals surface area (Å²) in [5, 5.41) is 15.6. The normalized spacial score (nSPS) is 31.1. The average molecular weight is 266 g/mol. The minimum atomic E-state index is -0.978. The van der Waals surface area contributed by atoms with Crippen LogP contribution < -0.4 is 10.6 Å². The van der Waals surface area contributed by atoms with Gasteiger partial charge in [0.1, 0.15) is 5.54 Å². The molecule has 0 aromatic rings. The average Bonchev–Trinajstić information content (AvgIpc) is 2.87. The van der Waals surface area contributed by atoms with E-state index in [1.54, 1.807) is 0 Å². The molecule has 5 nitrogen and oxygen atoms in total. The number of aliphatic carboxylic acids is 1. The molecule has 1 amide bonds. The van der Waals surface area contributed by atoms with Gasteiger partial charge in [0.05, 0.1) is 0 Å². The highest BCUT2D eigenvalue weighted by atomic mass is 16.4. The molecule has 0 aromatic heterocycles. The maximum absolute atomic E-state index is 12.3. The van der Waals surface area contributed by atoms with Crippen LogP contribution in [-0.2, 0) is 9.59 Å². The van der Waals surface area contributed by atoms with Crippen LogP contribution in [0.4, 0.5) is 0 Å². The number of carboxylic acid groups (broad SMARTS) is 1. The molecule has 1 unspecified atom stereocenters. The summed E-state index contributed by atoms with van der Waals surface area (Å²) in [6, 6.07) is 0. The molecule has 19 heavy (non-hydrogen) atoms. The molecule has 3 fully saturated rings. The highest BCUT2D eigenvalue weighted by molar-refractivity contribution is 5.90. The van der Waals surface area contributed by atoms with Crippen LogP contribution in [0.25, 0.3) is 0 Å². The largest absolute Gasteiger partial charge is 0.480 e. The van der Waals surface area contributed by atoms with Crippen LogP contribution in [0.5, 0.6) is 0 Å². The molecule has 0 aromatic carbocycles. The van der Waals surface area contributed by atoms with E-state index in [4.69, 9.17) is 0 Å². The third-order valence-electron chi connectivity index (χ3n) is 5.33. The van der Waals surface area contributed by atoms with E-state index in [0.29, 0.717) is 12.8 Å². The zero-order valence-corrected chi connectivity index (χ0v) is 11.2. The van der Waals surface area contributed by atoms with Crippen LogP contribution in [0.3, 0.4) is 0 Å². The van der Waals surface area contributed by atoms with Crippen LogP contribution in [-0.4, -0.2) is 35.6 Å². The van der Waals surface area contributed by atoms with E-state index in [0.717, 1.165) is 45.2 Å². The number of hydrogen-bond acceptors (Lipinski definition) is 3. The topological polar surface area (TPSA) is 78.4 Å².